The molecule has 0 atom stereocenters. The van der Waals surface area contributed by atoms with Gasteiger partial charge >= 0.3 is 5.97 Å². The molecule has 6 heteroatoms. The number of nitrogens with zero attached hydrogens (tertiary/aromatic N) is 1. The second-order valence-corrected chi connectivity index (χ2v) is 5.84. The van der Waals surface area contributed by atoms with E-state index in [-0.39, 0.29) is 12.2 Å². The molecule has 1 aromatic carbocycles. The van der Waals surface area contributed by atoms with Gasteiger partial charge in [0.2, 0.25) is 0 Å². The lowest BCUT2D eigenvalue weighted by molar-refractivity contribution is 0.0601. The van der Waals surface area contributed by atoms with E-state index < -0.39 is 5.97 Å². The molecule has 1 N–H and O–H groups in total. The molecule has 0 spiro atoms. The van der Waals surface area contributed by atoms with E-state index in [9.17, 15) is 9.59 Å². The summed E-state index contributed by atoms with van der Waals surface area (Å²) in [6.45, 7) is 0.411. The molecule has 22 heavy (non-hydrogen) atoms. The van der Waals surface area contributed by atoms with Crippen LogP contribution in [0.15, 0.2) is 34.4 Å². The minimum absolute atomic E-state index is 0.00625. The van der Waals surface area contributed by atoms with Crippen LogP contribution >= 0.6 is 11.3 Å². The number of hydrogen-bond donors (Lipinski definition) is 1. The van der Waals surface area contributed by atoms with Gasteiger partial charge in [0.25, 0.3) is 5.56 Å². The summed E-state index contributed by atoms with van der Waals surface area (Å²) in [5.74, 6) is -0.436. The van der Waals surface area contributed by atoms with Crippen LogP contribution in [0.3, 0.4) is 0 Å². The van der Waals surface area contributed by atoms with Gasteiger partial charge in [-0.25, -0.2) is 4.79 Å². The fraction of sp³-hybridized carbons (Fsp3) is 0.250. The number of benzene rings is 1. The molecule has 0 amide bonds. The summed E-state index contributed by atoms with van der Waals surface area (Å²) in [7, 11) is 1.33. The van der Waals surface area contributed by atoms with Crippen LogP contribution in [0.4, 0.5) is 0 Å². The monoisotopic (exact) mass is 317 g/mol. The van der Waals surface area contributed by atoms with Gasteiger partial charge in [-0.05, 0) is 30.0 Å². The molecular formula is C16H15NO4S. The number of aliphatic hydroxyl groups is 1. The first-order valence-corrected chi connectivity index (χ1v) is 7.78. The topological polar surface area (TPSA) is 68.5 Å². The van der Waals surface area contributed by atoms with E-state index in [0.29, 0.717) is 29.4 Å². The van der Waals surface area contributed by atoms with E-state index >= 15 is 0 Å². The SMILES string of the molecule is COC(=O)c1ccc2c3sccc3c(=O)n(CCCO)c2c1. The fourth-order valence-corrected chi connectivity index (χ4v) is 3.51. The van der Waals surface area contributed by atoms with E-state index in [4.69, 9.17) is 9.84 Å². The Bertz CT molecular complexity index is 910. The van der Waals surface area contributed by atoms with Gasteiger partial charge in [-0.3, -0.25) is 4.79 Å². The molecule has 2 heterocycles. The second-order valence-electron chi connectivity index (χ2n) is 4.92. The van der Waals surface area contributed by atoms with Crippen molar-refractivity contribution in [2.45, 2.75) is 13.0 Å². The summed E-state index contributed by atoms with van der Waals surface area (Å²) < 4.78 is 7.28. The number of hydrogen-bond acceptors (Lipinski definition) is 5. The number of rotatable bonds is 4. The van der Waals surface area contributed by atoms with E-state index in [1.54, 1.807) is 16.7 Å². The lowest BCUT2D eigenvalue weighted by Crippen LogP contribution is -2.21. The van der Waals surface area contributed by atoms with Gasteiger partial charge in [0, 0.05) is 23.2 Å². The highest BCUT2D eigenvalue weighted by Crippen LogP contribution is 2.28. The van der Waals surface area contributed by atoms with Gasteiger partial charge in [0.05, 0.1) is 23.6 Å². The molecule has 0 bridgehead atoms. The van der Waals surface area contributed by atoms with Gasteiger partial charge in [-0.15, -0.1) is 11.3 Å². The van der Waals surface area contributed by atoms with E-state index in [1.165, 1.54) is 18.4 Å². The minimum Gasteiger partial charge on any atom is -0.465 e. The molecule has 0 aliphatic carbocycles. The molecule has 0 fully saturated rings. The summed E-state index contributed by atoms with van der Waals surface area (Å²) in [6, 6.07) is 7.04. The number of pyridine rings is 1. The molecule has 0 aliphatic heterocycles. The Hall–Kier alpha value is -2.18. The van der Waals surface area contributed by atoms with Crippen molar-refractivity contribution in [2.75, 3.05) is 13.7 Å². The van der Waals surface area contributed by atoms with Crippen LogP contribution in [0.2, 0.25) is 0 Å². The zero-order valence-electron chi connectivity index (χ0n) is 12.0. The number of esters is 1. The Kier molecular flexibility index (Phi) is 3.96. The number of ether oxygens (including phenoxy) is 1. The molecule has 0 aliphatic rings. The van der Waals surface area contributed by atoms with Crippen LogP contribution < -0.4 is 5.56 Å². The first-order valence-electron chi connectivity index (χ1n) is 6.90. The van der Waals surface area contributed by atoms with Crippen LogP contribution in [-0.2, 0) is 11.3 Å². The van der Waals surface area contributed by atoms with Crippen molar-refractivity contribution in [3.63, 3.8) is 0 Å². The number of fused-ring (bicyclic) bond motifs is 3. The molecule has 0 unspecified atom stereocenters. The van der Waals surface area contributed by atoms with Crippen molar-refractivity contribution in [2.24, 2.45) is 0 Å². The van der Waals surface area contributed by atoms with Crippen LogP contribution in [0.5, 0.6) is 0 Å². The third-order valence-electron chi connectivity index (χ3n) is 3.63. The highest BCUT2D eigenvalue weighted by atomic mass is 32.1. The average Bonchev–Trinajstić information content (AvgIpc) is 3.03. The number of carbonyl (C=O) groups is 1. The number of aliphatic hydroxyl groups excluding tert-OH is 1. The molecule has 0 saturated heterocycles. The van der Waals surface area contributed by atoms with E-state index in [0.717, 1.165) is 10.1 Å². The van der Waals surface area contributed by atoms with Crippen LogP contribution in [0.1, 0.15) is 16.8 Å². The molecule has 0 radical (unpaired) electrons. The van der Waals surface area contributed by atoms with Crippen molar-refractivity contribution >= 4 is 38.3 Å². The summed E-state index contributed by atoms with van der Waals surface area (Å²) in [5, 5.41) is 12.5. The quantitative estimate of drug-likeness (QED) is 0.750. The zero-order valence-corrected chi connectivity index (χ0v) is 12.9. The van der Waals surface area contributed by atoms with Gasteiger partial charge in [-0.2, -0.15) is 0 Å². The largest absolute Gasteiger partial charge is 0.465 e. The van der Waals surface area contributed by atoms with E-state index in [2.05, 4.69) is 0 Å². The molecule has 0 saturated carbocycles. The lowest BCUT2D eigenvalue weighted by atomic mass is 10.1. The van der Waals surface area contributed by atoms with Gasteiger partial charge in [-0.1, -0.05) is 6.07 Å². The summed E-state index contributed by atoms with van der Waals surface area (Å²) in [5.41, 5.74) is 0.999. The van der Waals surface area contributed by atoms with Gasteiger partial charge in [0.15, 0.2) is 0 Å². The van der Waals surface area contributed by atoms with Crippen molar-refractivity contribution in [3.8, 4) is 0 Å². The van der Waals surface area contributed by atoms with Crippen LogP contribution in [0, 0.1) is 0 Å². The Morgan fingerprint density at radius 3 is 2.86 bits per heavy atom. The van der Waals surface area contributed by atoms with Crippen molar-refractivity contribution < 1.29 is 14.6 Å². The highest BCUT2D eigenvalue weighted by molar-refractivity contribution is 7.18. The predicted molar refractivity (Wildman–Crippen MR) is 86.6 cm³/mol. The maximum Gasteiger partial charge on any atom is 0.337 e. The van der Waals surface area contributed by atoms with Crippen molar-refractivity contribution in [3.05, 3.63) is 45.6 Å². The number of carbonyl (C=O) groups excluding carboxylic acids is 1. The predicted octanol–water partition coefficient (Wildman–Crippen LogP) is 2.39. The minimum atomic E-state index is -0.436. The molecule has 114 valence electrons. The zero-order chi connectivity index (χ0) is 15.7. The second kappa shape index (κ2) is 5.90. The highest BCUT2D eigenvalue weighted by Gasteiger charge is 2.14. The maximum absolute atomic E-state index is 12.6. The van der Waals surface area contributed by atoms with Crippen molar-refractivity contribution in [1.29, 1.82) is 0 Å². The third kappa shape index (κ3) is 2.30. The molecule has 3 aromatic rings. The first-order chi connectivity index (χ1) is 10.7. The first kappa shape index (κ1) is 14.7. The van der Waals surface area contributed by atoms with Crippen LogP contribution in [0.25, 0.3) is 21.0 Å². The normalized spacial score (nSPS) is 11.2. The Balaban J connectivity index is 2.36. The van der Waals surface area contributed by atoms with Gasteiger partial charge < -0.3 is 14.4 Å². The fourth-order valence-electron chi connectivity index (χ4n) is 2.58. The summed E-state index contributed by atoms with van der Waals surface area (Å²) >= 11 is 1.50. The molecule has 2 aromatic heterocycles. The number of thiophene rings is 1. The molecular weight excluding hydrogens is 302 g/mol. The maximum atomic E-state index is 12.6. The van der Waals surface area contributed by atoms with Crippen LogP contribution in [-0.4, -0.2) is 29.4 Å². The number of aryl methyl sites for hydroxylation is 1. The molecule has 3 rings (SSSR count). The Labute approximate surface area is 130 Å². The third-order valence-corrected chi connectivity index (χ3v) is 4.58. The standard InChI is InChI=1S/C16H15NO4S/c1-21-16(20)10-3-4-11-13(9-10)17(6-2-7-18)15(19)12-5-8-22-14(11)12/h3-5,8-9,18H,2,6-7H2,1H3. The van der Waals surface area contributed by atoms with Gasteiger partial charge in [0.1, 0.15) is 0 Å². The Morgan fingerprint density at radius 2 is 2.14 bits per heavy atom. The Morgan fingerprint density at radius 1 is 1.32 bits per heavy atom. The summed E-state index contributed by atoms with van der Waals surface area (Å²) in [6.07, 6.45) is 0.479. The summed E-state index contributed by atoms with van der Waals surface area (Å²) in [4.78, 5) is 24.4. The molecule has 5 nitrogen and oxygen atoms in total. The smallest absolute Gasteiger partial charge is 0.337 e. The lowest BCUT2D eigenvalue weighted by Gasteiger charge is -2.12. The van der Waals surface area contributed by atoms with Crippen molar-refractivity contribution in [1.82, 2.24) is 4.57 Å². The van der Waals surface area contributed by atoms with E-state index in [1.807, 2.05) is 17.5 Å². The number of methoxy groups -OCH3 is 1. The number of aromatic nitrogens is 1. The average molecular weight is 317 g/mol.